The van der Waals surface area contributed by atoms with E-state index < -0.39 is 0 Å². The molecule has 0 aliphatic heterocycles. The molecule has 4 nitrogen and oxygen atoms in total. The Bertz CT molecular complexity index is 589. The summed E-state index contributed by atoms with van der Waals surface area (Å²) in [5.74, 6) is 2.61. The largest absolute Gasteiger partial charge is 0.495 e. The maximum atomic E-state index is 11.9. The molecule has 1 N–H and O–H groups in total. The molecule has 0 aliphatic carbocycles. The molecule has 0 bridgehead atoms. The molecule has 0 saturated heterocycles. The van der Waals surface area contributed by atoms with Crippen LogP contribution in [0.3, 0.4) is 0 Å². The first-order valence-electron chi connectivity index (χ1n) is 6.98. The Morgan fingerprint density at radius 2 is 1.82 bits per heavy atom. The molecule has 5 heteroatoms. The highest BCUT2D eigenvalue weighted by molar-refractivity contribution is 7.99. The van der Waals surface area contributed by atoms with Crippen molar-refractivity contribution in [3.05, 3.63) is 54.6 Å². The van der Waals surface area contributed by atoms with Gasteiger partial charge in [-0.1, -0.05) is 30.3 Å². The van der Waals surface area contributed by atoms with Gasteiger partial charge in [-0.3, -0.25) is 4.79 Å². The summed E-state index contributed by atoms with van der Waals surface area (Å²) in [5.41, 5.74) is 0.691. The number of benzene rings is 2. The lowest BCUT2D eigenvalue weighted by Crippen LogP contribution is -2.15. The summed E-state index contributed by atoms with van der Waals surface area (Å²) in [6, 6.07) is 17.0. The fraction of sp³-hybridized carbons (Fsp3) is 0.235. The molecule has 0 unspecified atom stereocenters. The van der Waals surface area contributed by atoms with Crippen molar-refractivity contribution in [2.75, 3.05) is 30.5 Å². The third-order valence-corrected chi connectivity index (χ3v) is 3.78. The summed E-state index contributed by atoms with van der Waals surface area (Å²) < 4.78 is 10.8. The van der Waals surface area contributed by atoms with E-state index in [-0.39, 0.29) is 5.91 Å². The molecule has 0 aromatic heterocycles. The van der Waals surface area contributed by atoms with Gasteiger partial charge < -0.3 is 14.8 Å². The lowest BCUT2D eigenvalue weighted by atomic mass is 10.3. The summed E-state index contributed by atoms with van der Waals surface area (Å²) in [6.45, 7) is 0.580. The predicted octanol–water partition coefficient (Wildman–Crippen LogP) is 3.45. The van der Waals surface area contributed by atoms with Crippen molar-refractivity contribution in [2.45, 2.75) is 0 Å². The van der Waals surface area contributed by atoms with E-state index in [2.05, 4.69) is 5.32 Å². The van der Waals surface area contributed by atoms with E-state index in [0.29, 0.717) is 23.8 Å². The Kier molecular flexibility index (Phi) is 6.64. The molecule has 0 saturated carbocycles. The van der Waals surface area contributed by atoms with E-state index in [9.17, 15) is 4.79 Å². The molecule has 0 fully saturated rings. The molecule has 2 aromatic rings. The fourth-order valence-corrected chi connectivity index (χ4v) is 2.44. The van der Waals surface area contributed by atoms with Gasteiger partial charge in [-0.05, 0) is 24.3 Å². The van der Waals surface area contributed by atoms with Gasteiger partial charge in [0.2, 0.25) is 5.91 Å². The standard InChI is InChI=1S/C17H19NO3S/c1-20-16-10-6-5-9-15(16)18-17(19)13-22-12-11-21-14-7-3-2-4-8-14/h2-10H,11-13H2,1H3,(H,18,19). The average molecular weight is 317 g/mol. The minimum atomic E-state index is -0.0470. The van der Waals surface area contributed by atoms with Crippen LogP contribution in [0.5, 0.6) is 11.5 Å². The predicted molar refractivity (Wildman–Crippen MR) is 90.9 cm³/mol. The monoisotopic (exact) mass is 317 g/mol. The fourth-order valence-electron chi connectivity index (χ4n) is 1.83. The molecule has 0 spiro atoms. The first-order valence-corrected chi connectivity index (χ1v) is 8.13. The Morgan fingerprint density at radius 3 is 2.59 bits per heavy atom. The van der Waals surface area contributed by atoms with Crippen molar-refractivity contribution in [2.24, 2.45) is 0 Å². The molecule has 0 radical (unpaired) electrons. The van der Waals surface area contributed by atoms with Crippen molar-refractivity contribution in [3.63, 3.8) is 0 Å². The second-order valence-corrected chi connectivity index (χ2v) is 5.57. The highest BCUT2D eigenvalue weighted by atomic mass is 32.2. The van der Waals surface area contributed by atoms with Gasteiger partial charge in [0.25, 0.3) is 0 Å². The summed E-state index contributed by atoms with van der Waals surface area (Å²) in [5, 5.41) is 2.84. The molecule has 2 aromatic carbocycles. The number of carbonyl (C=O) groups excluding carboxylic acids is 1. The Hall–Kier alpha value is -2.14. The quantitative estimate of drug-likeness (QED) is 0.758. The van der Waals surface area contributed by atoms with Gasteiger partial charge in [-0.2, -0.15) is 0 Å². The second kappa shape index (κ2) is 9.00. The minimum absolute atomic E-state index is 0.0470. The minimum Gasteiger partial charge on any atom is -0.495 e. The number of thioether (sulfide) groups is 1. The topological polar surface area (TPSA) is 47.6 Å². The van der Waals surface area contributed by atoms with Crippen LogP contribution in [-0.2, 0) is 4.79 Å². The van der Waals surface area contributed by atoms with Crippen molar-refractivity contribution in [1.82, 2.24) is 0 Å². The highest BCUT2D eigenvalue weighted by Gasteiger charge is 2.06. The van der Waals surface area contributed by atoms with Crippen LogP contribution in [0.25, 0.3) is 0 Å². The zero-order chi connectivity index (χ0) is 15.6. The lowest BCUT2D eigenvalue weighted by Gasteiger charge is -2.09. The number of nitrogens with one attached hydrogen (secondary N) is 1. The van der Waals surface area contributed by atoms with Gasteiger partial charge in [0.05, 0.1) is 25.2 Å². The molecule has 1 amide bonds. The normalized spacial score (nSPS) is 10.0. The Labute approximate surface area is 134 Å². The Balaban J connectivity index is 1.65. The van der Waals surface area contributed by atoms with E-state index in [0.717, 1.165) is 11.5 Å². The van der Waals surface area contributed by atoms with Gasteiger partial charge in [-0.25, -0.2) is 0 Å². The number of ether oxygens (including phenoxy) is 2. The Morgan fingerprint density at radius 1 is 1.09 bits per heavy atom. The molecular formula is C17H19NO3S. The van der Waals surface area contributed by atoms with Gasteiger partial charge in [0.1, 0.15) is 11.5 Å². The highest BCUT2D eigenvalue weighted by Crippen LogP contribution is 2.23. The number of hydrogen-bond acceptors (Lipinski definition) is 4. The summed E-state index contributed by atoms with van der Waals surface area (Å²) in [6.07, 6.45) is 0. The number of rotatable bonds is 8. The lowest BCUT2D eigenvalue weighted by molar-refractivity contribution is -0.113. The van der Waals surface area contributed by atoms with E-state index in [1.165, 1.54) is 11.8 Å². The van der Waals surface area contributed by atoms with Crippen molar-refractivity contribution in [3.8, 4) is 11.5 Å². The van der Waals surface area contributed by atoms with Crippen LogP contribution in [0.15, 0.2) is 54.6 Å². The molecular weight excluding hydrogens is 298 g/mol. The van der Waals surface area contributed by atoms with Crippen LogP contribution in [0.1, 0.15) is 0 Å². The van der Waals surface area contributed by atoms with Gasteiger partial charge in [0, 0.05) is 5.75 Å². The van der Waals surface area contributed by atoms with Crippen LogP contribution in [-0.4, -0.2) is 31.1 Å². The van der Waals surface area contributed by atoms with Gasteiger partial charge in [0.15, 0.2) is 0 Å². The van der Waals surface area contributed by atoms with E-state index in [1.54, 1.807) is 7.11 Å². The third kappa shape index (κ3) is 5.33. The van der Waals surface area contributed by atoms with E-state index in [4.69, 9.17) is 9.47 Å². The second-order valence-electron chi connectivity index (χ2n) is 4.46. The smallest absolute Gasteiger partial charge is 0.234 e. The van der Waals surface area contributed by atoms with E-state index >= 15 is 0 Å². The van der Waals surface area contributed by atoms with Crippen LogP contribution in [0.4, 0.5) is 5.69 Å². The molecule has 2 rings (SSSR count). The van der Waals surface area contributed by atoms with Gasteiger partial charge in [-0.15, -0.1) is 11.8 Å². The van der Waals surface area contributed by atoms with Crippen LogP contribution in [0, 0.1) is 0 Å². The number of para-hydroxylation sites is 3. The summed E-state index contributed by atoms with van der Waals surface area (Å²) >= 11 is 1.54. The maximum absolute atomic E-state index is 11.9. The van der Waals surface area contributed by atoms with E-state index in [1.807, 2.05) is 54.6 Å². The first-order chi connectivity index (χ1) is 10.8. The number of anilines is 1. The third-order valence-electron chi connectivity index (χ3n) is 2.85. The first kappa shape index (κ1) is 16.2. The number of methoxy groups -OCH3 is 1. The number of carbonyl (C=O) groups is 1. The van der Waals surface area contributed by atoms with Crippen molar-refractivity contribution in [1.29, 1.82) is 0 Å². The zero-order valence-electron chi connectivity index (χ0n) is 12.5. The molecule has 0 aliphatic rings. The number of amides is 1. The maximum Gasteiger partial charge on any atom is 0.234 e. The van der Waals surface area contributed by atoms with Gasteiger partial charge >= 0.3 is 0 Å². The summed E-state index contributed by atoms with van der Waals surface area (Å²) in [4.78, 5) is 11.9. The zero-order valence-corrected chi connectivity index (χ0v) is 13.3. The van der Waals surface area contributed by atoms with Crippen molar-refractivity contribution >= 4 is 23.4 Å². The molecule has 0 atom stereocenters. The molecule has 0 heterocycles. The van der Waals surface area contributed by atoms with Crippen molar-refractivity contribution < 1.29 is 14.3 Å². The van der Waals surface area contributed by atoms with Crippen LogP contribution >= 0.6 is 11.8 Å². The number of hydrogen-bond donors (Lipinski definition) is 1. The average Bonchev–Trinajstić information content (AvgIpc) is 2.56. The van der Waals surface area contributed by atoms with Crippen LogP contribution < -0.4 is 14.8 Å². The SMILES string of the molecule is COc1ccccc1NC(=O)CSCCOc1ccccc1. The molecule has 116 valence electrons. The van der Waals surface area contributed by atoms with Crippen LogP contribution in [0.2, 0.25) is 0 Å². The molecule has 22 heavy (non-hydrogen) atoms. The summed E-state index contributed by atoms with van der Waals surface area (Å²) in [7, 11) is 1.58.